The molecule has 2 rings (SSSR count). The number of aryl methyl sites for hydroxylation is 1. The second-order valence-electron chi connectivity index (χ2n) is 5.93. The summed E-state index contributed by atoms with van der Waals surface area (Å²) in [5.74, 6) is 0. The molecule has 0 bridgehead atoms. The minimum absolute atomic E-state index is 0.401. The maximum absolute atomic E-state index is 5.72. The quantitative estimate of drug-likeness (QED) is 0.798. The molecule has 21 heavy (non-hydrogen) atoms. The zero-order chi connectivity index (χ0) is 15.1. The first-order chi connectivity index (χ1) is 10.2. The molecule has 1 fully saturated rings. The first-order valence-corrected chi connectivity index (χ1v) is 8.19. The number of pyridine rings is 1. The molecule has 0 radical (unpaired) electrons. The number of aromatic nitrogens is 1. The Labute approximate surface area is 128 Å². The highest BCUT2D eigenvalue weighted by Crippen LogP contribution is 2.15. The highest BCUT2D eigenvalue weighted by atomic mass is 16.5. The Bertz CT molecular complexity index is 418. The molecule has 118 valence electrons. The van der Waals surface area contributed by atoms with Gasteiger partial charge in [0.25, 0.3) is 0 Å². The third-order valence-electron chi connectivity index (χ3n) is 4.20. The van der Waals surface area contributed by atoms with Crippen molar-refractivity contribution in [2.75, 3.05) is 26.2 Å². The van der Waals surface area contributed by atoms with Gasteiger partial charge in [-0.2, -0.15) is 0 Å². The molecule has 1 saturated heterocycles. The molecular formula is C17H29N3O. The van der Waals surface area contributed by atoms with Gasteiger partial charge in [0.05, 0.1) is 11.8 Å². The van der Waals surface area contributed by atoms with Gasteiger partial charge in [-0.25, -0.2) is 0 Å². The van der Waals surface area contributed by atoms with Crippen LogP contribution in [-0.2, 0) is 11.3 Å². The number of rotatable bonds is 8. The van der Waals surface area contributed by atoms with Crippen molar-refractivity contribution in [2.45, 2.75) is 52.3 Å². The second kappa shape index (κ2) is 8.47. The maximum Gasteiger partial charge on any atom is 0.0726 e. The molecule has 1 aromatic heterocycles. The van der Waals surface area contributed by atoms with E-state index in [2.05, 4.69) is 41.2 Å². The fourth-order valence-electron chi connectivity index (χ4n) is 2.84. The number of likely N-dealkylation sites (N-methyl/N-ethyl adjacent to an activating group) is 1. The second-order valence-corrected chi connectivity index (χ2v) is 5.93. The summed E-state index contributed by atoms with van der Waals surface area (Å²) in [7, 11) is 0. The van der Waals surface area contributed by atoms with E-state index in [0.29, 0.717) is 12.1 Å². The van der Waals surface area contributed by atoms with Crippen LogP contribution in [0.1, 0.15) is 38.1 Å². The number of nitrogens with one attached hydrogen (secondary N) is 1. The molecule has 0 amide bonds. The average molecular weight is 291 g/mol. The lowest BCUT2D eigenvalue weighted by Crippen LogP contribution is -2.41. The molecule has 0 aromatic carbocycles. The molecule has 0 aliphatic carbocycles. The predicted molar refractivity (Wildman–Crippen MR) is 86.4 cm³/mol. The highest BCUT2D eigenvalue weighted by Gasteiger charge is 2.21. The molecule has 4 heteroatoms. The Morgan fingerprint density at radius 1 is 1.48 bits per heavy atom. The van der Waals surface area contributed by atoms with Crippen LogP contribution in [0.3, 0.4) is 0 Å². The van der Waals surface area contributed by atoms with Gasteiger partial charge in [0, 0.05) is 38.0 Å². The van der Waals surface area contributed by atoms with E-state index in [4.69, 9.17) is 4.74 Å². The van der Waals surface area contributed by atoms with Gasteiger partial charge in [0.15, 0.2) is 0 Å². The van der Waals surface area contributed by atoms with E-state index in [1.54, 1.807) is 0 Å². The number of nitrogens with zero attached hydrogens (tertiary/aromatic N) is 2. The van der Waals surface area contributed by atoms with Gasteiger partial charge >= 0.3 is 0 Å². The van der Waals surface area contributed by atoms with E-state index in [-0.39, 0.29) is 0 Å². The Morgan fingerprint density at radius 2 is 2.33 bits per heavy atom. The minimum Gasteiger partial charge on any atom is -0.377 e. The SMILES string of the molecule is CCN(CCNC(C)C1CCCO1)Cc1cccc(C)n1. The lowest BCUT2D eigenvalue weighted by atomic mass is 10.1. The van der Waals surface area contributed by atoms with E-state index in [1.165, 1.54) is 12.8 Å². The van der Waals surface area contributed by atoms with Gasteiger partial charge in [0.1, 0.15) is 0 Å². The van der Waals surface area contributed by atoms with Crippen LogP contribution in [0.2, 0.25) is 0 Å². The summed E-state index contributed by atoms with van der Waals surface area (Å²) >= 11 is 0. The van der Waals surface area contributed by atoms with E-state index < -0.39 is 0 Å². The molecule has 1 aliphatic rings. The first kappa shape index (κ1) is 16.4. The van der Waals surface area contributed by atoms with Crippen molar-refractivity contribution >= 4 is 0 Å². The summed E-state index contributed by atoms with van der Waals surface area (Å²) in [6.07, 6.45) is 2.80. The van der Waals surface area contributed by atoms with E-state index >= 15 is 0 Å². The van der Waals surface area contributed by atoms with Crippen molar-refractivity contribution in [1.29, 1.82) is 0 Å². The molecule has 0 saturated carbocycles. The molecule has 1 N–H and O–H groups in total. The summed E-state index contributed by atoms with van der Waals surface area (Å²) in [5.41, 5.74) is 2.25. The summed E-state index contributed by atoms with van der Waals surface area (Å²) in [6.45, 7) is 11.4. The largest absolute Gasteiger partial charge is 0.377 e. The molecule has 1 aromatic rings. The van der Waals surface area contributed by atoms with Gasteiger partial charge < -0.3 is 10.1 Å². The van der Waals surface area contributed by atoms with Crippen LogP contribution in [0.25, 0.3) is 0 Å². The third-order valence-corrected chi connectivity index (χ3v) is 4.20. The van der Waals surface area contributed by atoms with Crippen LogP contribution < -0.4 is 5.32 Å². The molecule has 2 heterocycles. The number of hydrogen-bond donors (Lipinski definition) is 1. The molecule has 4 nitrogen and oxygen atoms in total. The highest BCUT2D eigenvalue weighted by molar-refractivity contribution is 5.09. The fraction of sp³-hybridized carbons (Fsp3) is 0.706. The molecule has 2 unspecified atom stereocenters. The zero-order valence-electron chi connectivity index (χ0n) is 13.6. The Morgan fingerprint density at radius 3 is 3.00 bits per heavy atom. The Hall–Kier alpha value is -0.970. The molecule has 2 atom stereocenters. The monoisotopic (exact) mass is 291 g/mol. The number of ether oxygens (including phenoxy) is 1. The standard InChI is InChI=1S/C17H29N3O/c1-4-20(13-16-8-5-7-14(2)19-16)11-10-18-15(3)17-9-6-12-21-17/h5,7-8,15,17-18H,4,6,9-13H2,1-3H3. The van der Waals surface area contributed by atoms with E-state index in [0.717, 1.165) is 44.2 Å². The van der Waals surface area contributed by atoms with Crippen molar-refractivity contribution in [3.8, 4) is 0 Å². The van der Waals surface area contributed by atoms with Crippen molar-refractivity contribution in [1.82, 2.24) is 15.2 Å². The minimum atomic E-state index is 0.401. The molecule has 1 aliphatic heterocycles. The van der Waals surface area contributed by atoms with Crippen LogP contribution in [0.5, 0.6) is 0 Å². The fourth-order valence-corrected chi connectivity index (χ4v) is 2.84. The van der Waals surface area contributed by atoms with Crippen LogP contribution in [0.15, 0.2) is 18.2 Å². The van der Waals surface area contributed by atoms with Crippen molar-refractivity contribution in [3.05, 3.63) is 29.6 Å². The molecule has 0 spiro atoms. The van der Waals surface area contributed by atoms with Crippen molar-refractivity contribution < 1.29 is 4.74 Å². The van der Waals surface area contributed by atoms with Gasteiger partial charge in [0.2, 0.25) is 0 Å². The normalized spacial score (nSPS) is 20.1. The summed E-state index contributed by atoms with van der Waals surface area (Å²) in [6, 6.07) is 6.69. The van der Waals surface area contributed by atoms with Crippen LogP contribution >= 0.6 is 0 Å². The molecular weight excluding hydrogens is 262 g/mol. The van der Waals surface area contributed by atoms with E-state index in [1.807, 2.05) is 13.0 Å². The third kappa shape index (κ3) is 5.38. The van der Waals surface area contributed by atoms with Crippen molar-refractivity contribution in [3.63, 3.8) is 0 Å². The topological polar surface area (TPSA) is 37.4 Å². The summed E-state index contributed by atoms with van der Waals surface area (Å²) in [4.78, 5) is 7.01. The Kier molecular flexibility index (Phi) is 6.61. The van der Waals surface area contributed by atoms with Crippen LogP contribution in [-0.4, -0.2) is 48.3 Å². The summed E-state index contributed by atoms with van der Waals surface area (Å²) < 4.78 is 5.72. The average Bonchev–Trinajstić information content (AvgIpc) is 3.00. The lowest BCUT2D eigenvalue weighted by molar-refractivity contribution is 0.0826. The van der Waals surface area contributed by atoms with Crippen LogP contribution in [0.4, 0.5) is 0 Å². The maximum atomic E-state index is 5.72. The zero-order valence-corrected chi connectivity index (χ0v) is 13.6. The van der Waals surface area contributed by atoms with E-state index in [9.17, 15) is 0 Å². The van der Waals surface area contributed by atoms with Gasteiger partial charge in [-0.3, -0.25) is 9.88 Å². The predicted octanol–water partition coefficient (Wildman–Crippen LogP) is 2.37. The van der Waals surface area contributed by atoms with Gasteiger partial charge in [-0.15, -0.1) is 0 Å². The lowest BCUT2D eigenvalue weighted by Gasteiger charge is -2.24. The van der Waals surface area contributed by atoms with Gasteiger partial charge in [-0.05, 0) is 45.4 Å². The number of hydrogen-bond acceptors (Lipinski definition) is 4. The first-order valence-electron chi connectivity index (χ1n) is 8.19. The Balaban J connectivity index is 1.72. The smallest absolute Gasteiger partial charge is 0.0726 e. The van der Waals surface area contributed by atoms with Crippen LogP contribution in [0, 0.1) is 6.92 Å². The summed E-state index contributed by atoms with van der Waals surface area (Å²) in [5, 5.41) is 3.60. The van der Waals surface area contributed by atoms with Crippen molar-refractivity contribution in [2.24, 2.45) is 0 Å². The van der Waals surface area contributed by atoms with Gasteiger partial charge in [-0.1, -0.05) is 13.0 Å².